The highest BCUT2D eigenvalue weighted by atomic mass is 32.2. The van der Waals surface area contributed by atoms with Crippen molar-refractivity contribution in [1.29, 1.82) is 0 Å². The molecule has 2 aliphatic rings. The molecule has 28 heavy (non-hydrogen) atoms. The van der Waals surface area contributed by atoms with Crippen molar-refractivity contribution in [2.45, 2.75) is 23.5 Å². The molecule has 0 aliphatic carbocycles. The summed E-state index contributed by atoms with van der Waals surface area (Å²) in [6.07, 6.45) is 4.35. The number of pyridine rings is 1. The number of para-hydroxylation sites is 1. The molecule has 1 aromatic heterocycles. The van der Waals surface area contributed by atoms with Crippen LogP contribution in [0.4, 0.5) is 0 Å². The van der Waals surface area contributed by atoms with Gasteiger partial charge in [0.1, 0.15) is 16.2 Å². The van der Waals surface area contributed by atoms with Crippen LogP contribution in [0.15, 0.2) is 53.7 Å². The number of methoxy groups -OCH3 is 1. The first kappa shape index (κ1) is 19.3. The zero-order chi connectivity index (χ0) is 19.6. The van der Waals surface area contributed by atoms with Crippen LogP contribution in [0, 0.1) is 0 Å². The number of hydrogen-bond donors (Lipinski definition) is 0. The van der Waals surface area contributed by atoms with Gasteiger partial charge in [-0.15, -0.1) is 0 Å². The van der Waals surface area contributed by atoms with E-state index in [4.69, 9.17) is 9.47 Å². The van der Waals surface area contributed by atoms with Crippen LogP contribution in [0.3, 0.4) is 0 Å². The molecule has 1 aromatic carbocycles. The molecule has 0 bridgehead atoms. The van der Waals surface area contributed by atoms with Crippen molar-refractivity contribution >= 4 is 10.0 Å². The SMILES string of the molecule is COCCN1C[C@@]2(CCN(Cc3ccncc3)C2)Oc2ccccc2S1(=O)=O. The summed E-state index contributed by atoms with van der Waals surface area (Å²) in [5.41, 5.74) is 0.616. The lowest BCUT2D eigenvalue weighted by Gasteiger charge is -2.32. The maximum Gasteiger partial charge on any atom is 0.246 e. The minimum Gasteiger partial charge on any atom is -0.483 e. The minimum absolute atomic E-state index is 0.232. The third-order valence-electron chi connectivity index (χ3n) is 5.35. The van der Waals surface area contributed by atoms with Crippen molar-refractivity contribution in [3.8, 4) is 5.75 Å². The first-order valence-corrected chi connectivity index (χ1v) is 10.8. The summed E-state index contributed by atoms with van der Waals surface area (Å²) >= 11 is 0. The Morgan fingerprint density at radius 2 is 1.96 bits per heavy atom. The zero-order valence-corrected chi connectivity index (χ0v) is 16.8. The van der Waals surface area contributed by atoms with Crippen molar-refractivity contribution < 1.29 is 17.9 Å². The van der Waals surface area contributed by atoms with Gasteiger partial charge in [0.05, 0.1) is 13.2 Å². The predicted octanol–water partition coefficient (Wildman–Crippen LogP) is 1.76. The van der Waals surface area contributed by atoms with E-state index in [9.17, 15) is 8.42 Å². The van der Waals surface area contributed by atoms with Gasteiger partial charge < -0.3 is 9.47 Å². The van der Waals surface area contributed by atoms with E-state index in [-0.39, 0.29) is 4.90 Å². The normalized spacial score (nSPS) is 24.6. The van der Waals surface area contributed by atoms with Crippen LogP contribution in [0.2, 0.25) is 0 Å². The van der Waals surface area contributed by atoms with Crippen LogP contribution in [0.1, 0.15) is 12.0 Å². The van der Waals surface area contributed by atoms with Crippen LogP contribution in [0.5, 0.6) is 5.75 Å². The molecule has 150 valence electrons. The molecule has 7 nitrogen and oxygen atoms in total. The first-order chi connectivity index (χ1) is 13.5. The molecule has 4 rings (SSSR count). The lowest BCUT2D eigenvalue weighted by Crippen LogP contribution is -2.49. The van der Waals surface area contributed by atoms with E-state index in [2.05, 4.69) is 9.88 Å². The van der Waals surface area contributed by atoms with Crippen LogP contribution in [-0.4, -0.2) is 68.1 Å². The van der Waals surface area contributed by atoms with Crippen molar-refractivity contribution in [2.75, 3.05) is 39.9 Å². The Morgan fingerprint density at radius 3 is 2.75 bits per heavy atom. The van der Waals surface area contributed by atoms with Crippen molar-refractivity contribution in [2.24, 2.45) is 0 Å². The lowest BCUT2D eigenvalue weighted by atomic mass is 10.0. The van der Waals surface area contributed by atoms with Gasteiger partial charge in [0, 0.05) is 52.1 Å². The summed E-state index contributed by atoms with van der Waals surface area (Å²) in [7, 11) is -2.05. The lowest BCUT2D eigenvalue weighted by molar-refractivity contribution is 0.0533. The Labute approximate surface area is 165 Å². The molecule has 0 radical (unpaired) electrons. The Hall–Kier alpha value is -2.00. The van der Waals surface area contributed by atoms with E-state index in [1.165, 1.54) is 9.87 Å². The number of hydrogen-bond acceptors (Lipinski definition) is 6. The largest absolute Gasteiger partial charge is 0.483 e. The van der Waals surface area contributed by atoms with Gasteiger partial charge in [-0.25, -0.2) is 8.42 Å². The van der Waals surface area contributed by atoms with Gasteiger partial charge in [-0.1, -0.05) is 12.1 Å². The van der Waals surface area contributed by atoms with Gasteiger partial charge in [0.2, 0.25) is 10.0 Å². The Balaban J connectivity index is 1.62. The van der Waals surface area contributed by atoms with Gasteiger partial charge in [-0.05, 0) is 29.8 Å². The van der Waals surface area contributed by atoms with Crippen LogP contribution >= 0.6 is 0 Å². The second-order valence-corrected chi connectivity index (χ2v) is 9.29. The number of rotatable bonds is 5. The Bertz CT molecular complexity index is 922. The molecule has 0 saturated carbocycles. The second kappa shape index (κ2) is 7.79. The van der Waals surface area contributed by atoms with Gasteiger partial charge >= 0.3 is 0 Å². The van der Waals surface area contributed by atoms with Gasteiger partial charge in [0.25, 0.3) is 0 Å². The number of nitrogens with zero attached hydrogens (tertiary/aromatic N) is 3. The standard InChI is InChI=1S/C20H25N3O4S/c1-26-13-12-23-16-20(27-18-4-2-3-5-19(18)28(23,24)25)8-11-22(15-20)14-17-6-9-21-10-7-17/h2-7,9-10H,8,11-16H2,1H3/t20-/m0/s1. The van der Waals surface area contributed by atoms with Crippen LogP contribution in [-0.2, 0) is 21.3 Å². The fourth-order valence-corrected chi connectivity index (χ4v) is 5.58. The highest BCUT2D eigenvalue weighted by Crippen LogP contribution is 2.38. The quantitative estimate of drug-likeness (QED) is 0.758. The predicted molar refractivity (Wildman–Crippen MR) is 105 cm³/mol. The smallest absolute Gasteiger partial charge is 0.246 e. The Kier molecular flexibility index (Phi) is 5.37. The molecule has 8 heteroatoms. The fraction of sp³-hybridized carbons (Fsp3) is 0.450. The maximum absolute atomic E-state index is 13.2. The summed E-state index contributed by atoms with van der Waals surface area (Å²) in [6, 6.07) is 10.9. The molecule has 0 amide bonds. The van der Waals surface area contributed by atoms with E-state index in [1.54, 1.807) is 37.7 Å². The highest BCUT2D eigenvalue weighted by molar-refractivity contribution is 7.89. The molecule has 2 aromatic rings. The summed E-state index contributed by atoms with van der Waals surface area (Å²) in [5, 5.41) is 0. The zero-order valence-electron chi connectivity index (χ0n) is 16.0. The molecule has 3 heterocycles. The van der Waals surface area contributed by atoms with Gasteiger partial charge in [-0.2, -0.15) is 4.31 Å². The summed E-state index contributed by atoms with van der Waals surface area (Å²) in [4.78, 5) is 6.61. The van der Waals surface area contributed by atoms with Crippen molar-refractivity contribution in [1.82, 2.24) is 14.2 Å². The molecular weight excluding hydrogens is 378 g/mol. The molecule has 1 spiro atoms. The number of likely N-dealkylation sites (tertiary alicyclic amines) is 1. The van der Waals surface area contributed by atoms with Gasteiger partial charge in [0.15, 0.2) is 0 Å². The number of aromatic nitrogens is 1. The topological polar surface area (TPSA) is 72.0 Å². The molecular formula is C20H25N3O4S. The number of ether oxygens (including phenoxy) is 2. The van der Waals surface area contributed by atoms with E-state index < -0.39 is 15.6 Å². The van der Waals surface area contributed by atoms with E-state index in [0.29, 0.717) is 32.0 Å². The van der Waals surface area contributed by atoms with E-state index in [0.717, 1.165) is 19.5 Å². The third kappa shape index (κ3) is 3.77. The van der Waals surface area contributed by atoms with Crippen LogP contribution in [0.25, 0.3) is 0 Å². The monoisotopic (exact) mass is 403 g/mol. The van der Waals surface area contributed by atoms with Gasteiger partial charge in [-0.3, -0.25) is 9.88 Å². The first-order valence-electron chi connectivity index (χ1n) is 9.41. The molecule has 2 aliphatic heterocycles. The number of benzene rings is 1. The summed E-state index contributed by atoms with van der Waals surface area (Å²) in [5.74, 6) is 0.438. The van der Waals surface area contributed by atoms with E-state index in [1.807, 2.05) is 18.2 Å². The average Bonchev–Trinajstić information content (AvgIpc) is 3.04. The summed E-state index contributed by atoms with van der Waals surface area (Å²) in [6.45, 7) is 3.28. The van der Waals surface area contributed by atoms with E-state index >= 15 is 0 Å². The van der Waals surface area contributed by atoms with Crippen molar-refractivity contribution in [3.63, 3.8) is 0 Å². The minimum atomic E-state index is -3.63. The molecule has 1 atom stereocenters. The number of sulfonamides is 1. The number of fused-ring (bicyclic) bond motifs is 1. The maximum atomic E-state index is 13.2. The molecule has 1 saturated heterocycles. The second-order valence-electron chi connectivity index (χ2n) is 7.38. The third-order valence-corrected chi connectivity index (χ3v) is 7.24. The summed E-state index contributed by atoms with van der Waals surface area (Å²) < 4.78 is 39.5. The molecule has 1 fully saturated rings. The van der Waals surface area contributed by atoms with Crippen molar-refractivity contribution in [3.05, 3.63) is 54.4 Å². The molecule has 0 unspecified atom stereocenters. The fourth-order valence-electron chi connectivity index (χ4n) is 3.97. The van der Waals surface area contributed by atoms with Crippen LogP contribution < -0.4 is 4.74 Å². The Morgan fingerprint density at radius 1 is 1.18 bits per heavy atom. The average molecular weight is 404 g/mol. The highest BCUT2D eigenvalue weighted by Gasteiger charge is 2.47. The molecule has 0 N–H and O–H groups in total.